The Morgan fingerprint density at radius 3 is 2.67 bits per heavy atom. The maximum atomic E-state index is 12.7. The molecule has 1 aromatic heterocycles. The molecule has 0 bridgehead atoms. The molecule has 1 aliphatic heterocycles. The predicted molar refractivity (Wildman–Crippen MR) is 96.2 cm³/mol. The van der Waals surface area contributed by atoms with Crippen molar-refractivity contribution >= 4 is 5.91 Å². The van der Waals surface area contributed by atoms with E-state index < -0.39 is 0 Å². The van der Waals surface area contributed by atoms with Gasteiger partial charge in [-0.25, -0.2) is 0 Å². The monoisotopic (exact) mass is 332 g/mol. The van der Waals surface area contributed by atoms with E-state index in [1.54, 1.807) is 4.68 Å². The zero-order chi connectivity index (χ0) is 16.9. The maximum absolute atomic E-state index is 12.7. The summed E-state index contributed by atoms with van der Waals surface area (Å²) in [6, 6.07) is 2.90. The van der Waals surface area contributed by atoms with Crippen LogP contribution in [0.25, 0.3) is 0 Å². The van der Waals surface area contributed by atoms with E-state index in [9.17, 15) is 4.79 Å². The molecule has 0 radical (unpaired) electrons. The van der Waals surface area contributed by atoms with Gasteiger partial charge in [0.25, 0.3) is 5.91 Å². The van der Waals surface area contributed by atoms with Crippen LogP contribution in [0.5, 0.6) is 0 Å². The molecule has 3 rings (SSSR count). The van der Waals surface area contributed by atoms with Gasteiger partial charge in [0.2, 0.25) is 0 Å². The summed E-state index contributed by atoms with van der Waals surface area (Å²) in [7, 11) is 0. The van der Waals surface area contributed by atoms with E-state index in [0.29, 0.717) is 5.69 Å². The van der Waals surface area contributed by atoms with E-state index in [2.05, 4.69) is 15.3 Å². The van der Waals surface area contributed by atoms with Gasteiger partial charge in [0.1, 0.15) is 5.69 Å². The first-order valence-electron chi connectivity index (χ1n) is 9.76. The van der Waals surface area contributed by atoms with Crippen molar-refractivity contribution in [3.05, 3.63) is 17.5 Å². The summed E-state index contributed by atoms with van der Waals surface area (Å²) in [5, 5.41) is 7.65. The fraction of sp³-hybridized carbons (Fsp3) is 0.789. The first kappa shape index (κ1) is 17.5. The summed E-state index contributed by atoms with van der Waals surface area (Å²) in [4.78, 5) is 15.3. The van der Waals surface area contributed by atoms with E-state index in [1.807, 2.05) is 19.9 Å². The number of likely N-dealkylation sites (tertiary alicyclic amines) is 1. The molecule has 1 amide bonds. The van der Waals surface area contributed by atoms with Crippen molar-refractivity contribution in [1.29, 1.82) is 0 Å². The molecule has 1 saturated heterocycles. The molecule has 1 N–H and O–H groups in total. The van der Waals surface area contributed by atoms with Crippen LogP contribution >= 0.6 is 0 Å². The second-order valence-corrected chi connectivity index (χ2v) is 7.44. The van der Waals surface area contributed by atoms with Crippen molar-refractivity contribution in [1.82, 2.24) is 20.0 Å². The van der Waals surface area contributed by atoms with Gasteiger partial charge in [-0.05, 0) is 52.1 Å². The lowest BCUT2D eigenvalue weighted by Crippen LogP contribution is -2.51. The van der Waals surface area contributed by atoms with Crippen LogP contribution < -0.4 is 5.32 Å². The second kappa shape index (κ2) is 8.15. The molecule has 0 unspecified atom stereocenters. The third-order valence-electron chi connectivity index (χ3n) is 5.56. The summed E-state index contributed by atoms with van der Waals surface area (Å²) in [6.07, 6.45) is 10.5. The van der Waals surface area contributed by atoms with Crippen LogP contribution in [0.3, 0.4) is 0 Å². The van der Waals surface area contributed by atoms with Crippen LogP contribution in [0.1, 0.15) is 74.5 Å². The Hall–Kier alpha value is -1.36. The van der Waals surface area contributed by atoms with Gasteiger partial charge in [-0.3, -0.25) is 14.4 Å². The van der Waals surface area contributed by atoms with Gasteiger partial charge in [-0.1, -0.05) is 25.7 Å². The third kappa shape index (κ3) is 4.18. The van der Waals surface area contributed by atoms with Crippen LogP contribution in [0.4, 0.5) is 0 Å². The zero-order valence-corrected chi connectivity index (χ0v) is 15.3. The molecule has 1 aliphatic carbocycles. The number of carbonyl (C=O) groups excluding carboxylic acids is 1. The highest BCUT2D eigenvalue weighted by Crippen LogP contribution is 2.24. The fourth-order valence-corrected chi connectivity index (χ4v) is 4.31. The number of hydrogen-bond donors (Lipinski definition) is 1. The van der Waals surface area contributed by atoms with E-state index in [4.69, 9.17) is 0 Å². The summed E-state index contributed by atoms with van der Waals surface area (Å²) < 4.78 is 1.80. The van der Waals surface area contributed by atoms with E-state index in [1.165, 1.54) is 51.5 Å². The first-order chi connectivity index (χ1) is 11.7. The lowest BCUT2D eigenvalue weighted by Gasteiger charge is -2.38. The first-order valence-corrected chi connectivity index (χ1v) is 9.76. The van der Waals surface area contributed by atoms with Gasteiger partial charge >= 0.3 is 0 Å². The molecule has 0 spiro atoms. The number of piperidine rings is 1. The molecule has 5 heteroatoms. The van der Waals surface area contributed by atoms with E-state index in [-0.39, 0.29) is 11.9 Å². The summed E-state index contributed by atoms with van der Waals surface area (Å²) in [6.45, 7) is 6.91. The van der Waals surface area contributed by atoms with Crippen molar-refractivity contribution in [3.63, 3.8) is 0 Å². The molecule has 24 heavy (non-hydrogen) atoms. The number of amides is 1. The highest BCUT2D eigenvalue weighted by molar-refractivity contribution is 5.92. The summed E-state index contributed by atoms with van der Waals surface area (Å²) in [5.74, 6) is 0.0326. The number of aromatic nitrogens is 2. The topological polar surface area (TPSA) is 50.2 Å². The third-order valence-corrected chi connectivity index (χ3v) is 5.56. The Kier molecular flexibility index (Phi) is 5.93. The Bertz CT molecular complexity index is 546. The normalized spacial score (nSPS) is 23.8. The number of carbonyl (C=O) groups is 1. The number of hydrogen-bond acceptors (Lipinski definition) is 3. The van der Waals surface area contributed by atoms with E-state index in [0.717, 1.165) is 31.2 Å². The highest BCUT2D eigenvalue weighted by atomic mass is 16.2. The average molecular weight is 332 g/mol. The van der Waals surface area contributed by atoms with Gasteiger partial charge in [0.05, 0.1) is 5.69 Å². The quantitative estimate of drug-likeness (QED) is 0.862. The molecule has 2 heterocycles. The molecule has 1 aromatic rings. The maximum Gasteiger partial charge on any atom is 0.269 e. The Morgan fingerprint density at radius 1 is 1.21 bits per heavy atom. The Labute approximate surface area is 145 Å². The molecule has 5 nitrogen and oxygen atoms in total. The van der Waals surface area contributed by atoms with Crippen LogP contribution in [0.2, 0.25) is 0 Å². The number of nitrogens with zero attached hydrogens (tertiary/aromatic N) is 3. The van der Waals surface area contributed by atoms with Crippen LogP contribution in [-0.4, -0.2) is 45.8 Å². The summed E-state index contributed by atoms with van der Waals surface area (Å²) in [5.41, 5.74) is 1.60. The molecule has 1 atom stereocenters. The minimum absolute atomic E-state index is 0.0326. The summed E-state index contributed by atoms with van der Waals surface area (Å²) >= 11 is 0. The fourth-order valence-electron chi connectivity index (χ4n) is 4.31. The number of rotatable bonds is 4. The molecule has 2 fully saturated rings. The lowest BCUT2D eigenvalue weighted by molar-refractivity contribution is 0.0850. The molecular weight excluding hydrogens is 300 g/mol. The molecule has 2 aliphatic rings. The average Bonchev–Trinajstić information content (AvgIpc) is 2.79. The molecule has 134 valence electrons. The van der Waals surface area contributed by atoms with Gasteiger partial charge in [0.15, 0.2) is 0 Å². The standard InChI is InChI=1S/C19H32N4O/c1-3-23-18(13-15(2)21-23)19(24)20-16-9-8-12-22(14-16)17-10-6-4-5-7-11-17/h13,16-17H,3-12,14H2,1-2H3,(H,20,24)/t16-/m0/s1. The van der Waals surface area contributed by atoms with Gasteiger partial charge in [0, 0.05) is 25.2 Å². The largest absolute Gasteiger partial charge is 0.347 e. The molecular formula is C19H32N4O. The van der Waals surface area contributed by atoms with Crippen molar-refractivity contribution in [2.75, 3.05) is 13.1 Å². The zero-order valence-electron chi connectivity index (χ0n) is 15.3. The minimum Gasteiger partial charge on any atom is -0.347 e. The van der Waals surface area contributed by atoms with Crippen molar-refractivity contribution < 1.29 is 4.79 Å². The molecule has 0 aromatic carbocycles. The van der Waals surface area contributed by atoms with Crippen molar-refractivity contribution in [2.45, 2.75) is 83.8 Å². The SMILES string of the molecule is CCn1nc(C)cc1C(=O)N[C@H]1CCCN(C2CCCCCC2)C1. The van der Waals surface area contributed by atoms with Crippen LogP contribution in [-0.2, 0) is 6.54 Å². The van der Waals surface area contributed by atoms with Gasteiger partial charge in [-0.2, -0.15) is 5.10 Å². The minimum atomic E-state index is 0.0326. The van der Waals surface area contributed by atoms with Crippen LogP contribution in [0, 0.1) is 6.92 Å². The van der Waals surface area contributed by atoms with Crippen molar-refractivity contribution in [2.24, 2.45) is 0 Å². The predicted octanol–water partition coefficient (Wildman–Crippen LogP) is 3.13. The van der Waals surface area contributed by atoms with E-state index >= 15 is 0 Å². The van der Waals surface area contributed by atoms with Gasteiger partial charge < -0.3 is 5.32 Å². The second-order valence-electron chi connectivity index (χ2n) is 7.44. The Morgan fingerprint density at radius 2 is 1.96 bits per heavy atom. The molecule has 1 saturated carbocycles. The number of nitrogens with one attached hydrogen (secondary N) is 1. The van der Waals surface area contributed by atoms with Crippen molar-refractivity contribution in [3.8, 4) is 0 Å². The Balaban J connectivity index is 1.59. The van der Waals surface area contributed by atoms with Gasteiger partial charge in [-0.15, -0.1) is 0 Å². The number of aryl methyl sites for hydroxylation is 2. The smallest absolute Gasteiger partial charge is 0.269 e. The lowest BCUT2D eigenvalue weighted by atomic mass is 10.00. The highest BCUT2D eigenvalue weighted by Gasteiger charge is 2.28. The van der Waals surface area contributed by atoms with Crippen LogP contribution in [0.15, 0.2) is 6.07 Å².